The number of halogens is 2. The number of amides is 3. The lowest BCUT2D eigenvalue weighted by atomic mass is 9.94. The molecule has 66 heavy (non-hydrogen) atoms. The molecule has 2 aliphatic rings. The third-order valence-corrected chi connectivity index (χ3v) is 11.2. The third kappa shape index (κ3) is 11.9. The Labute approximate surface area is 389 Å². The van der Waals surface area contributed by atoms with Gasteiger partial charge in [-0.2, -0.15) is 0 Å². The van der Waals surface area contributed by atoms with E-state index in [1.807, 2.05) is 0 Å². The van der Waals surface area contributed by atoms with Crippen molar-refractivity contribution in [1.29, 1.82) is 0 Å². The van der Waals surface area contributed by atoms with E-state index >= 15 is 8.78 Å². The Bertz CT molecular complexity index is 2500. The van der Waals surface area contributed by atoms with Gasteiger partial charge in [0, 0.05) is 72.0 Å². The van der Waals surface area contributed by atoms with Crippen molar-refractivity contribution in [1.82, 2.24) is 25.1 Å². The van der Waals surface area contributed by atoms with Crippen LogP contribution in [0.15, 0.2) is 36.4 Å². The molecule has 6 rings (SSSR count). The molecule has 2 fully saturated rings. The van der Waals surface area contributed by atoms with Gasteiger partial charge in [-0.15, -0.1) is 0 Å². The Hall–Kier alpha value is -6.00. The van der Waals surface area contributed by atoms with Crippen molar-refractivity contribution in [2.75, 3.05) is 13.1 Å². The van der Waals surface area contributed by atoms with Crippen molar-refractivity contribution in [3.63, 3.8) is 0 Å². The number of H-pyrrole nitrogens is 2. The van der Waals surface area contributed by atoms with Crippen LogP contribution in [0, 0.1) is 17.6 Å². The van der Waals surface area contributed by atoms with Crippen LogP contribution in [-0.2, 0) is 55.7 Å². The molecule has 1 unspecified atom stereocenters. The zero-order valence-corrected chi connectivity index (χ0v) is 39.1. The molecule has 6 atom stereocenters. The van der Waals surface area contributed by atoms with E-state index in [0.717, 1.165) is 24.3 Å². The molecular weight excluding hydrogens is 857 g/mol. The van der Waals surface area contributed by atoms with Gasteiger partial charge >= 0.3 is 24.0 Å². The van der Waals surface area contributed by atoms with E-state index in [1.54, 1.807) is 55.4 Å². The Kier molecular flexibility index (Phi) is 13.2. The second-order valence-corrected chi connectivity index (χ2v) is 18.9. The number of carbonyl (C=O) groups is 6. The average molecular weight is 924 g/mol. The number of likely N-dealkylation sites (tertiary alicyclic amines) is 2. The minimum absolute atomic E-state index is 0.0587. The first-order valence-electron chi connectivity index (χ1n) is 24.3. The Balaban J connectivity index is 1.54. The van der Waals surface area contributed by atoms with Crippen LogP contribution in [0.25, 0.3) is 33.2 Å². The van der Waals surface area contributed by atoms with Gasteiger partial charge < -0.3 is 44.0 Å². The molecule has 358 valence electrons. The molecular formula is C49H63F2N5O10. The summed E-state index contributed by atoms with van der Waals surface area (Å²) in [7, 11) is 0. The second-order valence-electron chi connectivity index (χ2n) is 18.9. The minimum atomic E-state index is -2.67. The summed E-state index contributed by atoms with van der Waals surface area (Å²) in [5.74, 6) is -5.72. The maximum Gasteiger partial charge on any atom is 0.408 e. The van der Waals surface area contributed by atoms with E-state index in [9.17, 15) is 34.3 Å². The number of alkyl carbamates (subject to hydrolysis) is 1. The molecule has 3 N–H and O–H groups in total. The van der Waals surface area contributed by atoms with Crippen molar-refractivity contribution in [3.05, 3.63) is 59.2 Å². The largest absolute Gasteiger partial charge is 0.461 e. The fraction of sp³-hybridized carbons (Fsp3) is 0.551. The maximum absolute atomic E-state index is 15.2. The maximum atomic E-state index is 15.2. The fourth-order valence-electron chi connectivity index (χ4n) is 8.56. The summed E-state index contributed by atoms with van der Waals surface area (Å²) in [4.78, 5) is 88.5. The molecule has 0 bridgehead atoms. The number of benzene rings is 2. The summed E-state index contributed by atoms with van der Waals surface area (Å²) < 4.78 is 92.8. The number of aromatic amines is 2. The van der Waals surface area contributed by atoms with Crippen molar-refractivity contribution < 1.29 is 62.0 Å². The number of aromatic nitrogens is 2. The van der Waals surface area contributed by atoms with Crippen LogP contribution in [0.3, 0.4) is 0 Å². The van der Waals surface area contributed by atoms with E-state index in [1.165, 1.54) is 35.8 Å². The number of hydrogen-bond acceptors (Lipinski definition) is 10. The molecule has 0 aliphatic carbocycles. The predicted octanol–water partition coefficient (Wildman–Crippen LogP) is 7.81. The monoisotopic (exact) mass is 923 g/mol. The topological polar surface area (TPSA) is 189 Å². The summed E-state index contributed by atoms with van der Waals surface area (Å²) >= 11 is 0. The Morgan fingerprint density at radius 3 is 1.59 bits per heavy atom. The van der Waals surface area contributed by atoms with Crippen LogP contribution in [0.4, 0.5) is 13.6 Å². The van der Waals surface area contributed by atoms with Gasteiger partial charge in [-0.1, -0.05) is 13.8 Å². The number of rotatable bonds is 14. The first-order valence-corrected chi connectivity index (χ1v) is 22.3. The molecule has 0 spiro atoms. The molecule has 3 amide bonds. The van der Waals surface area contributed by atoms with Gasteiger partial charge in [-0.25, -0.2) is 13.6 Å². The van der Waals surface area contributed by atoms with Crippen molar-refractivity contribution >= 4 is 57.6 Å². The van der Waals surface area contributed by atoms with E-state index < -0.39 is 108 Å². The second kappa shape index (κ2) is 19.8. The number of fused-ring (bicyclic) bond motifs is 2. The van der Waals surface area contributed by atoms with Crippen LogP contribution in [0.2, 0.25) is 0 Å². The predicted molar refractivity (Wildman–Crippen MR) is 242 cm³/mol. The van der Waals surface area contributed by atoms with Crippen molar-refractivity contribution in [3.8, 4) is 11.4 Å². The van der Waals surface area contributed by atoms with E-state index in [4.69, 9.17) is 18.9 Å². The van der Waals surface area contributed by atoms with Gasteiger partial charge in [0.25, 0.3) is 0 Å². The van der Waals surface area contributed by atoms with Crippen LogP contribution >= 0.6 is 0 Å². The molecule has 17 heteroatoms. The minimum Gasteiger partial charge on any atom is -0.461 e. The molecule has 0 radical (unpaired) electrons. The summed E-state index contributed by atoms with van der Waals surface area (Å²) in [5.41, 5.74) is -2.20. The van der Waals surface area contributed by atoms with Crippen molar-refractivity contribution in [2.24, 2.45) is 5.92 Å². The van der Waals surface area contributed by atoms with E-state index in [0.29, 0.717) is 0 Å². The summed E-state index contributed by atoms with van der Waals surface area (Å²) in [6, 6.07) is 3.05. The number of nitrogens with zero attached hydrogens (tertiary/aromatic N) is 2. The molecule has 2 aliphatic heterocycles. The summed E-state index contributed by atoms with van der Waals surface area (Å²) in [6.07, 6.45) is -8.76. The van der Waals surface area contributed by atoms with E-state index in [2.05, 4.69) is 15.3 Å². The Morgan fingerprint density at radius 1 is 0.727 bits per heavy atom. The lowest BCUT2D eigenvalue weighted by Gasteiger charge is -2.30. The number of hydrogen-bond donors (Lipinski definition) is 3. The molecule has 2 saturated heterocycles. The standard InChI is InChI=1S/C49H63F2N5O10/c1-11-28(17-42(59)65-48(5,6)7)45(60)55-24-33(63-26(3)57)20-31(55)22-37-35-15-13-29(50)18-40(35)52-43(37)44-38(36-16-14-30(51)19-41(36)53-44)23-32-21-34(64-27(4)58)25-56(32)46(61)39(12-2)54-47(62)66-49(8,9)10/h13-16,18-19,28,31-34,39,52-53H,11-12,17,20-25H2,1-10H3,(H,54,62)/t28-,31+,32+,33+,34?,39+/m1/s1/i22D2,23D2. The third-order valence-electron chi connectivity index (χ3n) is 11.2. The highest BCUT2D eigenvalue weighted by atomic mass is 19.1. The zero-order valence-electron chi connectivity index (χ0n) is 43.1. The van der Waals surface area contributed by atoms with Gasteiger partial charge in [0.2, 0.25) is 11.8 Å². The lowest BCUT2D eigenvalue weighted by molar-refractivity contribution is -0.158. The fourth-order valence-corrected chi connectivity index (χ4v) is 8.56. The summed E-state index contributed by atoms with van der Waals surface area (Å²) in [6.45, 7) is 15.2. The molecule has 0 saturated carbocycles. The normalized spacial score (nSPS) is 21.1. The Morgan fingerprint density at radius 2 is 1.18 bits per heavy atom. The molecule has 4 heterocycles. The van der Waals surface area contributed by atoms with Crippen LogP contribution < -0.4 is 5.32 Å². The van der Waals surface area contributed by atoms with Gasteiger partial charge in [0.1, 0.15) is 41.1 Å². The number of esters is 3. The van der Waals surface area contributed by atoms with Crippen molar-refractivity contribution in [2.45, 2.75) is 156 Å². The first-order chi connectivity index (χ1) is 32.4. The highest BCUT2D eigenvalue weighted by molar-refractivity contribution is 5.96. The number of ether oxygens (including phenoxy) is 4. The number of nitrogens with one attached hydrogen (secondary N) is 3. The molecule has 2 aromatic heterocycles. The molecule has 2 aromatic carbocycles. The highest BCUT2D eigenvalue weighted by Gasteiger charge is 2.43. The average Bonchev–Trinajstić information content (AvgIpc) is 4.02. The molecule has 15 nitrogen and oxygen atoms in total. The SMILES string of the molecule is [2H]C([2H])(c1c(-c2[nH]c3cc(F)ccc3c2C([2H])([2H])[C@@H]2CC(OC(C)=O)CN2C(=O)[C@H](CC)NC(=O)OC(C)(C)C)[nH]c2cc(F)ccc12)[C@@H]1C[C@H](OC(C)=O)CN1C(=O)[C@H](CC)CC(=O)OC(C)(C)C. The van der Waals surface area contributed by atoms with Gasteiger partial charge in [-0.05, 0) is 115 Å². The van der Waals surface area contributed by atoms with Gasteiger partial charge in [0.05, 0.1) is 30.9 Å². The van der Waals surface area contributed by atoms with Crippen LogP contribution in [-0.4, -0.2) is 110 Å². The first kappa shape index (κ1) is 43.9. The van der Waals surface area contributed by atoms with Crippen LogP contribution in [0.1, 0.15) is 118 Å². The van der Waals surface area contributed by atoms with E-state index in [-0.39, 0.29) is 89.5 Å². The quantitative estimate of drug-likeness (QED) is 0.0831. The molecule has 4 aromatic rings. The van der Waals surface area contributed by atoms with Gasteiger partial charge in [-0.3, -0.25) is 24.0 Å². The lowest BCUT2D eigenvalue weighted by Crippen LogP contribution is -2.51. The summed E-state index contributed by atoms with van der Waals surface area (Å²) in [5, 5.41) is 2.83. The highest BCUT2D eigenvalue weighted by Crippen LogP contribution is 2.40. The smallest absolute Gasteiger partial charge is 0.408 e. The van der Waals surface area contributed by atoms with Crippen LogP contribution in [0.5, 0.6) is 0 Å². The van der Waals surface area contributed by atoms with Gasteiger partial charge in [0.15, 0.2) is 0 Å². The zero-order chi connectivity index (χ0) is 52.0. The number of carbonyl (C=O) groups excluding carboxylic acids is 6.